The number of amides is 1. The number of hydrogen-bond acceptors (Lipinski definition) is 4. The molecule has 0 radical (unpaired) electrons. The molecule has 11 heteroatoms. The molecule has 1 heterocycles. The van der Waals surface area contributed by atoms with Gasteiger partial charge < -0.3 is 10.7 Å². The Hall–Kier alpha value is -3.08. The number of hydrazine groups is 1. The van der Waals surface area contributed by atoms with Gasteiger partial charge >= 0.3 is 6.18 Å². The Labute approximate surface area is 162 Å². The Balaban J connectivity index is 0.000000436. The van der Waals surface area contributed by atoms with Crippen molar-refractivity contribution in [1.29, 1.82) is 0 Å². The quantitative estimate of drug-likeness (QED) is 0.438. The third-order valence-corrected chi connectivity index (χ3v) is 3.38. The fourth-order valence-corrected chi connectivity index (χ4v) is 2.03. The van der Waals surface area contributed by atoms with E-state index >= 15 is 0 Å². The van der Waals surface area contributed by atoms with Gasteiger partial charge in [-0.3, -0.25) is 9.78 Å². The summed E-state index contributed by atoms with van der Waals surface area (Å²) in [6.45, 7) is 1.79. The zero-order chi connectivity index (χ0) is 22.2. The molecule has 1 aromatic heterocycles. The lowest BCUT2D eigenvalue weighted by molar-refractivity contribution is -0.125. The summed E-state index contributed by atoms with van der Waals surface area (Å²) < 4.78 is 74.6. The Morgan fingerprint density at radius 1 is 1.14 bits per heavy atom. The SMILES string of the molecule is CCN(N)/C(=C\CC(F)(F)F)c1ccc(C(N)=O)cc1F.Fc1cncc(F)c1. The molecule has 0 fully saturated rings. The van der Waals surface area contributed by atoms with Crippen LogP contribution in [0.5, 0.6) is 0 Å². The lowest BCUT2D eigenvalue weighted by Gasteiger charge is -2.21. The van der Waals surface area contributed by atoms with Gasteiger partial charge in [0.1, 0.15) is 17.5 Å². The lowest BCUT2D eigenvalue weighted by atomic mass is 10.1. The molecule has 0 spiro atoms. The summed E-state index contributed by atoms with van der Waals surface area (Å²) in [7, 11) is 0. The second-order valence-electron chi connectivity index (χ2n) is 5.57. The molecule has 0 aliphatic heterocycles. The molecule has 0 saturated carbocycles. The highest BCUT2D eigenvalue weighted by atomic mass is 19.4. The van der Waals surface area contributed by atoms with E-state index in [-0.39, 0.29) is 23.4 Å². The number of aromatic nitrogens is 1. The number of nitrogens with zero attached hydrogens (tertiary/aromatic N) is 2. The Morgan fingerprint density at radius 3 is 2.10 bits per heavy atom. The van der Waals surface area contributed by atoms with Gasteiger partial charge in [0.2, 0.25) is 5.91 Å². The second-order valence-corrected chi connectivity index (χ2v) is 5.57. The van der Waals surface area contributed by atoms with Crippen LogP contribution in [-0.4, -0.2) is 28.6 Å². The molecule has 0 bridgehead atoms. The third-order valence-electron chi connectivity index (χ3n) is 3.38. The van der Waals surface area contributed by atoms with Crippen molar-refractivity contribution in [2.45, 2.75) is 19.5 Å². The van der Waals surface area contributed by atoms with E-state index in [9.17, 15) is 31.1 Å². The number of carbonyl (C=O) groups excluding carboxylic acids is 1. The highest BCUT2D eigenvalue weighted by molar-refractivity contribution is 5.93. The number of rotatable bonds is 5. The van der Waals surface area contributed by atoms with Crippen LogP contribution in [0.4, 0.5) is 26.3 Å². The summed E-state index contributed by atoms with van der Waals surface area (Å²) in [5.41, 5.74) is 4.69. The first-order valence-corrected chi connectivity index (χ1v) is 8.09. The summed E-state index contributed by atoms with van der Waals surface area (Å²) in [5, 5.41) is 0.994. The van der Waals surface area contributed by atoms with Gasteiger partial charge in [0, 0.05) is 23.7 Å². The van der Waals surface area contributed by atoms with Crippen LogP contribution >= 0.6 is 0 Å². The minimum Gasteiger partial charge on any atom is -0.366 e. The molecular formula is C18H18F6N4O. The highest BCUT2D eigenvalue weighted by Crippen LogP contribution is 2.26. The topological polar surface area (TPSA) is 85.2 Å². The van der Waals surface area contributed by atoms with Crippen LogP contribution in [0.2, 0.25) is 0 Å². The van der Waals surface area contributed by atoms with Crippen LogP contribution < -0.4 is 11.6 Å². The van der Waals surface area contributed by atoms with Gasteiger partial charge in [-0.1, -0.05) is 6.08 Å². The molecule has 4 N–H and O–H groups in total. The van der Waals surface area contributed by atoms with Crippen molar-refractivity contribution in [3.8, 4) is 0 Å². The summed E-state index contributed by atoms with van der Waals surface area (Å²) in [6.07, 6.45) is -2.98. The predicted molar refractivity (Wildman–Crippen MR) is 94.3 cm³/mol. The molecule has 0 atom stereocenters. The molecule has 0 saturated heterocycles. The minimum absolute atomic E-state index is 0.0773. The number of halogens is 6. The Morgan fingerprint density at radius 2 is 1.72 bits per heavy atom. The maximum atomic E-state index is 14.0. The zero-order valence-corrected chi connectivity index (χ0v) is 15.2. The van der Waals surface area contributed by atoms with E-state index in [0.717, 1.165) is 35.6 Å². The van der Waals surface area contributed by atoms with Crippen LogP contribution in [-0.2, 0) is 0 Å². The summed E-state index contributed by atoms with van der Waals surface area (Å²) in [6, 6.07) is 4.04. The van der Waals surface area contributed by atoms with Crippen molar-refractivity contribution in [3.63, 3.8) is 0 Å². The Bertz CT molecular complexity index is 852. The van der Waals surface area contributed by atoms with E-state index in [2.05, 4.69) is 4.98 Å². The second kappa shape index (κ2) is 10.5. The standard InChI is InChI=1S/C13H15F4N3O.C5H3F2N/c1-2-20(19)11(5-6-13(15,16)17)9-4-3-8(12(18)21)7-10(9)14;6-4-1-5(7)3-8-2-4/h3-5,7H,2,6,19H2,1H3,(H2,18,21);1-3H/b11-5-;. The van der Waals surface area contributed by atoms with Crippen LogP contribution in [0.1, 0.15) is 29.3 Å². The fraction of sp³-hybridized carbons (Fsp3) is 0.222. The summed E-state index contributed by atoms with van der Waals surface area (Å²) >= 11 is 0. The van der Waals surface area contributed by atoms with Gasteiger partial charge in [-0.15, -0.1) is 0 Å². The Kier molecular flexibility index (Phi) is 8.64. The van der Waals surface area contributed by atoms with Gasteiger partial charge in [-0.25, -0.2) is 19.0 Å². The number of nitrogens with two attached hydrogens (primary N) is 2. The maximum Gasteiger partial charge on any atom is 0.392 e. The number of allylic oxidation sites excluding steroid dienone is 1. The third kappa shape index (κ3) is 8.21. The summed E-state index contributed by atoms with van der Waals surface area (Å²) in [4.78, 5) is 14.2. The highest BCUT2D eigenvalue weighted by Gasteiger charge is 2.26. The van der Waals surface area contributed by atoms with Gasteiger partial charge in [0.05, 0.1) is 24.5 Å². The molecule has 2 rings (SSSR count). The number of alkyl halides is 3. The van der Waals surface area contributed by atoms with Crippen LogP contribution in [0, 0.1) is 17.5 Å². The summed E-state index contributed by atoms with van der Waals surface area (Å²) in [5.74, 6) is 2.58. The predicted octanol–water partition coefficient (Wildman–Crippen LogP) is 3.77. The van der Waals surface area contributed by atoms with E-state index in [1.54, 1.807) is 6.92 Å². The van der Waals surface area contributed by atoms with Crippen molar-refractivity contribution in [2.75, 3.05) is 6.54 Å². The first-order valence-electron chi connectivity index (χ1n) is 8.09. The number of hydrogen-bond donors (Lipinski definition) is 2. The van der Waals surface area contributed by atoms with E-state index in [1.165, 1.54) is 12.1 Å². The molecule has 0 unspecified atom stereocenters. The van der Waals surface area contributed by atoms with E-state index in [1.807, 2.05) is 0 Å². The van der Waals surface area contributed by atoms with Gasteiger partial charge in [-0.2, -0.15) is 13.2 Å². The van der Waals surface area contributed by atoms with Gasteiger partial charge in [0.25, 0.3) is 0 Å². The molecule has 1 aromatic carbocycles. The first kappa shape index (κ1) is 24.0. The smallest absolute Gasteiger partial charge is 0.366 e. The molecule has 158 valence electrons. The van der Waals surface area contributed by atoms with Crippen LogP contribution in [0.3, 0.4) is 0 Å². The molecular weight excluding hydrogens is 402 g/mol. The number of pyridine rings is 1. The molecule has 0 aliphatic rings. The molecule has 29 heavy (non-hydrogen) atoms. The van der Waals surface area contributed by atoms with Crippen LogP contribution in [0.25, 0.3) is 5.70 Å². The molecule has 5 nitrogen and oxygen atoms in total. The largest absolute Gasteiger partial charge is 0.392 e. The van der Waals surface area contributed by atoms with E-state index < -0.39 is 36.0 Å². The van der Waals surface area contributed by atoms with Crippen molar-refractivity contribution in [3.05, 3.63) is 71.3 Å². The number of benzene rings is 1. The van der Waals surface area contributed by atoms with Crippen molar-refractivity contribution in [2.24, 2.45) is 11.6 Å². The zero-order valence-electron chi connectivity index (χ0n) is 15.2. The van der Waals surface area contributed by atoms with E-state index in [0.29, 0.717) is 0 Å². The monoisotopic (exact) mass is 420 g/mol. The normalized spacial score (nSPS) is 11.5. The fourth-order valence-electron chi connectivity index (χ4n) is 2.03. The lowest BCUT2D eigenvalue weighted by Crippen LogP contribution is -2.29. The van der Waals surface area contributed by atoms with Gasteiger partial charge in [0.15, 0.2) is 0 Å². The minimum atomic E-state index is -4.43. The molecule has 1 amide bonds. The first-order chi connectivity index (χ1) is 13.4. The van der Waals surface area contributed by atoms with Crippen molar-refractivity contribution < 1.29 is 31.1 Å². The maximum absolute atomic E-state index is 14.0. The average Bonchev–Trinajstić information content (AvgIpc) is 2.62. The molecule has 2 aromatic rings. The van der Waals surface area contributed by atoms with E-state index in [4.69, 9.17) is 11.6 Å². The van der Waals surface area contributed by atoms with Gasteiger partial charge in [-0.05, 0) is 25.1 Å². The molecule has 0 aliphatic carbocycles. The number of carbonyl (C=O) groups is 1. The number of primary amides is 1. The van der Waals surface area contributed by atoms with Crippen LogP contribution in [0.15, 0.2) is 42.7 Å². The van der Waals surface area contributed by atoms with Crippen molar-refractivity contribution >= 4 is 11.6 Å². The average molecular weight is 420 g/mol. The van der Waals surface area contributed by atoms with Crippen molar-refractivity contribution in [1.82, 2.24) is 9.99 Å².